The van der Waals surface area contributed by atoms with E-state index in [0.29, 0.717) is 11.6 Å². The van der Waals surface area contributed by atoms with Crippen molar-refractivity contribution in [2.75, 3.05) is 7.11 Å². The van der Waals surface area contributed by atoms with E-state index >= 15 is 0 Å². The zero-order valence-corrected chi connectivity index (χ0v) is 13.5. The second kappa shape index (κ2) is 6.36. The zero-order valence-electron chi connectivity index (χ0n) is 13.5. The van der Waals surface area contributed by atoms with E-state index in [1.165, 1.54) is 6.92 Å². The Hall–Kier alpha value is -2.44. The minimum Gasteiger partial charge on any atom is -0.494 e. The number of hydrogen-bond donors (Lipinski definition) is 1. The Kier molecular flexibility index (Phi) is 4.27. The van der Waals surface area contributed by atoms with Gasteiger partial charge in [0.25, 0.3) is 0 Å². The van der Waals surface area contributed by atoms with E-state index in [4.69, 9.17) is 4.74 Å². The Morgan fingerprint density at radius 1 is 1.26 bits per heavy atom. The van der Waals surface area contributed by atoms with Crippen molar-refractivity contribution in [3.05, 3.63) is 30.1 Å². The van der Waals surface area contributed by atoms with E-state index in [2.05, 4.69) is 20.8 Å². The molecule has 0 unspecified atom stereocenters. The molecule has 0 atom stereocenters. The molecule has 7 nitrogen and oxygen atoms in total. The third-order valence-electron chi connectivity index (χ3n) is 4.33. The van der Waals surface area contributed by atoms with Gasteiger partial charge in [-0.2, -0.15) is 4.68 Å². The highest BCUT2D eigenvalue weighted by Crippen LogP contribution is 2.37. The lowest BCUT2D eigenvalue weighted by Gasteiger charge is -2.36. The normalized spacial score (nSPS) is 16.8. The van der Waals surface area contributed by atoms with E-state index in [1.54, 1.807) is 11.8 Å². The Bertz CT molecular complexity index is 691. The van der Waals surface area contributed by atoms with Crippen molar-refractivity contribution in [1.82, 2.24) is 25.5 Å². The summed E-state index contributed by atoms with van der Waals surface area (Å²) in [4.78, 5) is 11.8. The first-order valence-electron chi connectivity index (χ1n) is 7.87. The molecule has 1 amide bonds. The highest BCUT2D eigenvalue weighted by molar-refractivity contribution is 5.74. The van der Waals surface area contributed by atoms with Gasteiger partial charge in [0.15, 0.2) is 5.82 Å². The smallest absolute Gasteiger partial charge is 0.217 e. The number of nitrogens with zero attached hydrogens (tertiary/aromatic N) is 4. The first kappa shape index (κ1) is 15.5. The Labute approximate surface area is 135 Å². The van der Waals surface area contributed by atoms with Gasteiger partial charge in [-0.25, -0.2) is 0 Å². The van der Waals surface area contributed by atoms with Gasteiger partial charge >= 0.3 is 0 Å². The third-order valence-corrected chi connectivity index (χ3v) is 4.33. The number of aromatic nitrogens is 4. The number of carbonyl (C=O) groups is 1. The van der Waals surface area contributed by atoms with E-state index in [9.17, 15) is 4.79 Å². The molecule has 1 N–H and O–H groups in total. The van der Waals surface area contributed by atoms with Crippen LogP contribution >= 0.6 is 0 Å². The number of benzene rings is 1. The maximum Gasteiger partial charge on any atom is 0.217 e. The molecular weight excluding hydrogens is 294 g/mol. The molecule has 3 rings (SSSR count). The quantitative estimate of drug-likeness (QED) is 0.932. The summed E-state index contributed by atoms with van der Waals surface area (Å²) in [5.74, 6) is 1.29. The fraction of sp³-hybridized carbons (Fsp3) is 0.500. The van der Waals surface area contributed by atoms with Gasteiger partial charge in [0.2, 0.25) is 5.91 Å². The van der Waals surface area contributed by atoms with E-state index in [0.717, 1.165) is 37.8 Å². The first-order valence-corrected chi connectivity index (χ1v) is 7.87. The maximum atomic E-state index is 11.8. The molecule has 23 heavy (non-hydrogen) atoms. The van der Waals surface area contributed by atoms with Crippen LogP contribution in [0.25, 0.3) is 5.69 Å². The third kappa shape index (κ3) is 2.91. The average Bonchev–Trinajstić information content (AvgIpc) is 3.05. The molecule has 122 valence electrons. The number of ether oxygens (including phenoxy) is 1. The number of carbonyl (C=O) groups excluding carboxylic acids is 1. The van der Waals surface area contributed by atoms with Gasteiger partial charge in [0.1, 0.15) is 17.0 Å². The Balaban J connectivity index is 2.09. The number of para-hydroxylation sites is 2. The molecule has 0 aliphatic heterocycles. The van der Waals surface area contributed by atoms with E-state index < -0.39 is 5.54 Å². The predicted molar refractivity (Wildman–Crippen MR) is 84.3 cm³/mol. The van der Waals surface area contributed by atoms with E-state index in [1.807, 2.05) is 24.3 Å². The SMILES string of the molecule is COc1ccccc1-n1nnnc1C1(NC(C)=O)CCCCC1. The van der Waals surface area contributed by atoms with Crippen LogP contribution in [0.15, 0.2) is 24.3 Å². The summed E-state index contributed by atoms with van der Waals surface area (Å²) in [6.45, 7) is 1.54. The average molecular weight is 315 g/mol. The molecule has 1 aliphatic carbocycles. The monoisotopic (exact) mass is 315 g/mol. The summed E-state index contributed by atoms with van der Waals surface area (Å²) in [6, 6.07) is 7.58. The molecule has 0 radical (unpaired) electrons. The molecule has 1 fully saturated rings. The molecule has 0 spiro atoms. The standard InChI is InChI=1S/C16H21N5O2/c1-12(22)17-16(10-6-3-7-11-16)15-18-19-20-21(15)13-8-4-5-9-14(13)23-2/h4-5,8-9H,3,6-7,10-11H2,1-2H3,(H,17,22). The summed E-state index contributed by atoms with van der Waals surface area (Å²) in [7, 11) is 1.62. The molecule has 2 aromatic rings. The Morgan fingerprint density at radius 2 is 2.00 bits per heavy atom. The number of methoxy groups -OCH3 is 1. The minimum atomic E-state index is -0.519. The molecule has 1 aromatic carbocycles. The topological polar surface area (TPSA) is 81.9 Å². The van der Waals surface area contributed by atoms with Crippen LogP contribution in [0.3, 0.4) is 0 Å². The summed E-state index contributed by atoms with van der Waals surface area (Å²) in [5.41, 5.74) is 0.249. The van der Waals surface area contributed by atoms with Crippen molar-refractivity contribution in [2.45, 2.75) is 44.6 Å². The summed E-state index contributed by atoms with van der Waals surface area (Å²) < 4.78 is 7.10. The second-order valence-corrected chi connectivity index (χ2v) is 5.91. The molecule has 1 saturated carbocycles. The van der Waals surface area contributed by atoms with Gasteiger partial charge < -0.3 is 10.1 Å². The van der Waals surface area contributed by atoms with Gasteiger partial charge in [-0.3, -0.25) is 4.79 Å². The fourth-order valence-electron chi connectivity index (χ4n) is 3.35. The predicted octanol–water partition coefficient (Wildman–Crippen LogP) is 1.97. The summed E-state index contributed by atoms with van der Waals surface area (Å²) in [5, 5.41) is 15.4. The highest BCUT2D eigenvalue weighted by atomic mass is 16.5. The van der Waals surface area contributed by atoms with Crippen LogP contribution < -0.4 is 10.1 Å². The number of tetrazole rings is 1. The molecule has 0 bridgehead atoms. The number of amides is 1. The lowest BCUT2D eigenvalue weighted by atomic mass is 9.80. The van der Waals surface area contributed by atoms with Crippen molar-refractivity contribution in [2.24, 2.45) is 0 Å². The second-order valence-electron chi connectivity index (χ2n) is 5.91. The molecule has 1 aromatic heterocycles. The highest BCUT2D eigenvalue weighted by Gasteiger charge is 2.40. The van der Waals surface area contributed by atoms with Crippen LogP contribution in [0.1, 0.15) is 44.9 Å². The molecular formula is C16H21N5O2. The van der Waals surface area contributed by atoms with Crippen LogP contribution in [0.4, 0.5) is 0 Å². The number of rotatable bonds is 4. The van der Waals surface area contributed by atoms with Gasteiger partial charge in [0, 0.05) is 6.92 Å². The maximum absolute atomic E-state index is 11.8. The van der Waals surface area contributed by atoms with Gasteiger partial charge in [0.05, 0.1) is 7.11 Å². The minimum absolute atomic E-state index is 0.0681. The van der Waals surface area contributed by atoms with Gasteiger partial charge in [-0.05, 0) is 35.4 Å². The fourth-order valence-corrected chi connectivity index (χ4v) is 3.35. The zero-order chi connectivity index (χ0) is 16.3. The first-order chi connectivity index (χ1) is 11.2. The van der Waals surface area contributed by atoms with Crippen molar-refractivity contribution < 1.29 is 9.53 Å². The molecule has 7 heteroatoms. The number of nitrogens with one attached hydrogen (secondary N) is 1. The van der Waals surface area contributed by atoms with Crippen molar-refractivity contribution in [1.29, 1.82) is 0 Å². The van der Waals surface area contributed by atoms with Gasteiger partial charge in [-0.1, -0.05) is 31.4 Å². The Morgan fingerprint density at radius 3 is 2.70 bits per heavy atom. The van der Waals surface area contributed by atoms with E-state index in [-0.39, 0.29) is 5.91 Å². The van der Waals surface area contributed by atoms with Crippen LogP contribution in [-0.2, 0) is 10.3 Å². The lowest BCUT2D eigenvalue weighted by Crippen LogP contribution is -2.48. The molecule has 1 heterocycles. The summed E-state index contributed by atoms with van der Waals surface area (Å²) >= 11 is 0. The van der Waals surface area contributed by atoms with Crippen LogP contribution in [-0.4, -0.2) is 33.2 Å². The van der Waals surface area contributed by atoms with Crippen LogP contribution in [0.2, 0.25) is 0 Å². The van der Waals surface area contributed by atoms with Crippen LogP contribution in [0, 0.1) is 0 Å². The molecule has 1 aliphatic rings. The lowest BCUT2D eigenvalue weighted by molar-refractivity contribution is -0.121. The largest absolute Gasteiger partial charge is 0.494 e. The summed E-state index contributed by atoms with van der Waals surface area (Å²) in [6.07, 6.45) is 4.92. The number of hydrogen-bond acceptors (Lipinski definition) is 5. The van der Waals surface area contributed by atoms with Crippen molar-refractivity contribution in [3.63, 3.8) is 0 Å². The van der Waals surface area contributed by atoms with Gasteiger partial charge in [-0.15, -0.1) is 5.10 Å². The van der Waals surface area contributed by atoms with Crippen LogP contribution in [0.5, 0.6) is 5.75 Å². The molecule has 0 saturated heterocycles. The van der Waals surface area contributed by atoms with Crippen molar-refractivity contribution in [3.8, 4) is 11.4 Å². The van der Waals surface area contributed by atoms with Crippen molar-refractivity contribution >= 4 is 5.91 Å².